The van der Waals surface area contributed by atoms with Crippen LogP contribution < -0.4 is 0 Å². The predicted octanol–water partition coefficient (Wildman–Crippen LogP) is 5.41. The molecular weight excluding hydrogens is 370 g/mol. The number of phenolic OH excluding ortho intramolecular Hbond substituents is 1. The number of ether oxygens (including phenoxy) is 1. The Hall–Kier alpha value is -2.28. The van der Waals surface area contributed by atoms with E-state index in [1.807, 2.05) is 30.3 Å². The van der Waals surface area contributed by atoms with Crippen LogP contribution in [0.1, 0.15) is 69.8 Å². The number of hydrogen-bond donors (Lipinski definition) is 1. The summed E-state index contributed by atoms with van der Waals surface area (Å²) >= 11 is 0. The van der Waals surface area contributed by atoms with Crippen LogP contribution in [0.25, 0.3) is 0 Å². The zero-order chi connectivity index (χ0) is 21.9. The van der Waals surface area contributed by atoms with Gasteiger partial charge in [-0.25, -0.2) is 0 Å². The maximum Gasteiger partial charge on any atom is 0.125 e. The van der Waals surface area contributed by atoms with Crippen LogP contribution in [-0.4, -0.2) is 36.3 Å². The van der Waals surface area contributed by atoms with Gasteiger partial charge >= 0.3 is 0 Å². The van der Waals surface area contributed by atoms with Crippen molar-refractivity contribution in [1.82, 2.24) is 4.90 Å². The number of hydrogen-bond acceptors (Lipinski definition) is 3. The normalized spacial score (nSPS) is 16.6. The van der Waals surface area contributed by atoms with Gasteiger partial charge in [0.1, 0.15) is 11.8 Å². The molecule has 0 radical (unpaired) electrons. The van der Waals surface area contributed by atoms with Crippen molar-refractivity contribution in [2.75, 3.05) is 26.3 Å². The molecule has 3 nitrogen and oxygen atoms in total. The SMILES string of the molecule is CC(C)(C)c1cc(C(C#Cc2ccccc2)N2CCOCC2)c(O)c(C(C)(C)C)c1. The minimum absolute atomic E-state index is 0.0229. The Kier molecular flexibility index (Phi) is 6.60. The summed E-state index contributed by atoms with van der Waals surface area (Å²) in [6.45, 7) is 16.1. The summed E-state index contributed by atoms with van der Waals surface area (Å²) in [5.41, 5.74) is 3.90. The van der Waals surface area contributed by atoms with Crippen molar-refractivity contribution >= 4 is 0 Å². The highest BCUT2D eigenvalue weighted by atomic mass is 16.5. The third-order valence-electron chi connectivity index (χ3n) is 5.65. The van der Waals surface area contributed by atoms with Crippen LogP contribution in [0.5, 0.6) is 5.75 Å². The highest BCUT2D eigenvalue weighted by molar-refractivity contribution is 5.52. The quantitative estimate of drug-likeness (QED) is 0.678. The zero-order valence-electron chi connectivity index (χ0n) is 19.2. The van der Waals surface area contributed by atoms with Gasteiger partial charge < -0.3 is 9.84 Å². The summed E-state index contributed by atoms with van der Waals surface area (Å²) < 4.78 is 5.58. The predicted molar refractivity (Wildman–Crippen MR) is 124 cm³/mol. The van der Waals surface area contributed by atoms with E-state index in [0.717, 1.165) is 29.8 Å². The van der Waals surface area contributed by atoms with E-state index < -0.39 is 0 Å². The molecule has 1 heterocycles. The van der Waals surface area contributed by atoms with Gasteiger partial charge in [0, 0.05) is 24.2 Å². The summed E-state index contributed by atoms with van der Waals surface area (Å²) in [5.74, 6) is 7.19. The van der Waals surface area contributed by atoms with Gasteiger partial charge in [0.15, 0.2) is 0 Å². The lowest BCUT2D eigenvalue weighted by Gasteiger charge is -2.34. The van der Waals surface area contributed by atoms with E-state index in [9.17, 15) is 5.11 Å². The molecule has 0 aliphatic carbocycles. The molecule has 1 unspecified atom stereocenters. The Morgan fingerprint density at radius 2 is 1.57 bits per heavy atom. The van der Waals surface area contributed by atoms with Gasteiger partial charge in [-0.3, -0.25) is 4.90 Å². The fourth-order valence-electron chi connectivity index (χ4n) is 3.74. The first-order chi connectivity index (χ1) is 14.1. The van der Waals surface area contributed by atoms with Crippen LogP contribution in [-0.2, 0) is 15.6 Å². The fraction of sp³-hybridized carbons (Fsp3) is 0.481. The van der Waals surface area contributed by atoms with Gasteiger partial charge in [-0.2, -0.15) is 0 Å². The van der Waals surface area contributed by atoms with E-state index in [4.69, 9.17) is 4.74 Å². The lowest BCUT2D eigenvalue weighted by atomic mass is 9.78. The van der Waals surface area contributed by atoms with Gasteiger partial charge in [0.25, 0.3) is 0 Å². The lowest BCUT2D eigenvalue weighted by molar-refractivity contribution is 0.0265. The van der Waals surface area contributed by atoms with Gasteiger partial charge in [-0.15, -0.1) is 0 Å². The van der Waals surface area contributed by atoms with E-state index in [1.54, 1.807) is 0 Å². The van der Waals surface area contributed by atoms with E-state index >= 15 is 0 Å². The number of benzene rings is 2. The average Bonchev–Trinajstić information content (AvgIpc) is 2.69. The molecule has 0 saturated carbocycles. The Balaban J connectivity index is 2.17. The van der Waals surface area contributed by atoms with Crippen molar-refractivity contribution < 1.29 is 9.84 Å². The monoisotopic (exact) mass is 405 g/mol. The van der Waals surface area contributed by atoms with Crippen LogP contribution in [0.3, 0.4) is 0 Å². The average molecular weight is 406 g/mol. The Bertz CT molecular complexity index is 918. The van der Waals surface area contributed by atoms with Gasteiger partial charge in [-0.05, 0) is 40.2 Å². The van der Waals surface area contributed by atoms with Crippen molar-refractivity contribution in [2.45, 2.75) is 58.4 Å². The Morgan fingerprint density at radius 1 is 0.933 bits per heavy atom. The lowest BCUT2D eigenvalue weighted by Crippen LogP contribution is -2.39. The van der Waals surface area contributed by atoms with Crippen LogP contribution in [0.4, 0.5) is 0 Å². The molecule has 160 valence electrons. The molecule has 1 N–H and O–H groups in total. The van der Waals surface area contributed by atoms with Gasteiger partial charge in [-0.1, -0.05) is 77.6 Å². The highest BCUT2D eigenvalue weighted by Gasteiger charge is 2.30. The second-order valence-electron chi connectivity index (χ2n) is 10.1. The van der Waals surface area contributed by atoms with Crippen molar-refractivity contribution in [3.05, 3.63) is 64.7 Å². The third kappa shape index (κ3) is 5.25. The van der Waals surface area contributed by atoms with Crippen molar-refractivity contribution in [3.63, 3.8) is 0 Å². The van der Waals surface area contributed by atoms with Crippen LogP contribution in [0.2, 0.25) is 0 Å². The molecular formula is C27H35NO2. The van der Waals surface area contributed by atoms with Crippen molar-refractivity contribution in [1.29, 1.82) is 0 Å². The standard InChI is InChI=1S/C27H35NO2/c1-26(2,3)21-18-22(25(29)23(19-21)27(4,5)6)24(28-14-16-30-17-15-28)13-12-20-10-8-7-9-11-20/h7-11,18-19,24,29H,14-17H2,1-6H3. The molecule has 30 heavy (non-hydrogen) atoms. The number of phenols is 1. The summed E-state index contributed by atoms with van der Waals surface area (Å²) in [5, 5.41) is 11.4. The summed E-state index contributed by atoms with van der Waals surface area (Å²) in [6, 6.07) is 14.2. The number of rotatable bonds is 2. The van der Waals surface area contributed by atoms with Crippen LogP contribution in [0, 0.1) is 11.8 Å². The highest BCUT2D eigenvalue weighted by Crippen LogP contribution is 2.41. The molecule has 2 aromatic rings. The number of nitrogens with zero attached hydrogens (tertiary/aromatic N) is 1. The Labute approximate surface area is 182 Å². The maximum atomic E-state index is 11.4. The van der Waals surface area contributed by atoms with E-state index in [0.29, 0.717) is 19.0 Å². The third-order valence-corrected chi connectivity index (χ3v) is 5.65. The minimum Gasteiger partial charge on any atom is -0.507 e. The molecule has 1 aliphatic heterocycles. The molecule has 1 aliphatic rings. The maximum absolute atomic E-state index is 11.4. The molecule has 0 spiro atoms. The van der Waals surface area contributed by atoms with Gasteiger partial charge in [0.05, 0.1) is 13.2 Å². The molecule has 1 saturated heterocycles. The zero-order valence-corrected chi connectivity index (χ0v) is 19.2. The van der Waals surface area contributed by atoms with Crippen molar-refractivity contribution in [2.24, 2.45) is 0 Å². The van der Waals surface area contributed by atoms with E-state index in [-0.39, 0.29) is 16.9 Å². The molecule has 3 heteroatoms. The molecule has 0 amide bonds. The van der Waals surface area contributed by atoms with Crippen LogP contribution in [0.15, 0.2) is 42.5 Å². The first-order valence-electron chi connectivity index (χ1n) is 10.8. The molecule has 1 atom stereocenters. The largest absolute Gasteiger partial charge is 0.507 e. The second-order valence-corrected chi connectivity index (χ2v) is 10.1. The summed E-state index contributed by atoms with van der Waals surface area (Å²) in [4.78, 5) is 2.33. The summed E-state index contributed by atoms with van der Waals surface area (Å²) in [7, 11) is 0. The fourth-order valence-corrected chi connectivity index (χ4v) is 3.74. The molecule has 2 aromatic carbocycles. The first-order valence-corrected chi connectivity index (χ1v) is 10.8. The molecule has 0 bridgehead atoms. The molecule has 0 aromatic heterocycles. The Morgan fingerprint density at radius 3 is 2.13 bits per heavy atom. The molecule has 1 fully saturated rings. The number of morpholine rings is 1. The van der Waals surface area contributed by atoms with Crippen LogP contribution >= 0.6 is 0 Å². The topological polar surface area (TPSA) is 32.7 Å². The van der Waals surface area contributed by atoms with Gasteiger partial charge in [0.2, 0.25) is 0 Å². The van der Waals surface area contributed by atoms with E-state index in [2.05, 4.69) is 70.4 Å². The summed E-state index contributed by atoms with van der Waals surface area (Å²) in [6.07, 6.45) is 0. The molecule has 3 rings (SSSR count). The van der Waals surface area contributed by atoms with E-state index in [1.165, 1.54) is 5.56 Å². The smallest absolute Gasteiger partial charge is 0.125 e. The van der Waals surface area contributed by atoms with Crippen molar-refractivity contribution in [3.8, 4) is 17.6 Å². The second kappa shape index (κ2) is 8.84. The minimum atomic E-state index is -0.183. The number of aromatic hydroxyl groups is 1. The first kappa shape index (κ1) is 22.4.